The van der Waals surface area contributed by atoms with Crippen LogP contribution in [0, 0.1) is 11.3 Å². The summed E-state index contributed by atoms with van der Waals surface area (Å²) in [4.78, 5) is 11.7. The first kappa shape index (κ1) is 14.8. The van der Waals surface area contributed by atoms with Crippen LogP contribution in [0.1, 0.15) is 46.0 Å². The SMILES string of the molecule is CC(CC(=O)NCC(O)c1ccco1)C(C)(C)C. The topological polar surface area (TPSA) is 62.5 Å². The molecule has 0 spiro atoms. The van der Waals surface area contributed by atoms with Crippen LogP contribution < -0.4 is 5.32 Å². The molecule has 0 saturated carbocycles. The molecule has 1 amide bonds. The average molecular weight is 253 g/mol. The Hall–Kier alpha value is -1.29. The van der Waals surface area contributed by atoms with E-state index in [1.807, 2.05) is 0 Å². The highest BCUT2D eigenvalue weighted by molar-refractivity contribution is 5.76. The first-order chi connectivity index (χ1) is 8.30. The van der Waals surface area contributed by atoms with Gasteiger partial charge in [0.1, 0.15) is 11.9 Å². The number of carbonyl (C=O) groups is 1. The molecule has 0 radical (unpaired) electrons. The quantitative estimate of drug-likeness (QED) is 0.847. The molecule has 102 valence electrons. The molecular weight excluding hydrogens is 230 g/mol. The van der Waals surface area contributed by atoms with Crippen LogP contribution in [-0.4, -0.2) is 17.6 Å². The van der Waals surface area contributed by atoms with Crippen LogP contribution in [0.4, 0.5) is 0 Å². The Bertz CT molecular complexity index is 365. The molecule has 1 rings (SSSR count). The summed E-state index contributed by atoms with van der Waals surface area (Å²) < 4.78 is 5.06. The van der Waals surface area contributed by atoms with Gasteiger partial charge in [-0.15, -0.1) is 0 Å². The maximum Gasteiger partial charge on any atom is 0.220 e. The molecule has 18 heavy (non-hydrogen) atoms. The molecule has 0 saturated heterocycles. The fourth-order valence-electron chi connectivity index (χ4n) is 1.45. The Morgan fingerprint density at radius 3 is 2.67 bits per heavy atom. The third-order valence-electron chi connectivity index (χ3n) is 3.33. The normalized spacial score (nSPS) is 15.2. The van der Waals surface area contributed by atoms with Crippen molar-refractivity contribution in [1.82, 2.24) is 5.32 Å². The van der Waals surface area contributed by atoms with Crippen LogP contribution in [0.3, 0.4) is 0 Å². The first-order valence-corrected chi connectivity index (χ1v) is 6.29. The molecule has 0 aliphatic heterocycles. The van der Waals surface area contributed by atoms with E-state index < -0.39 is 6.10 Å². The van der Waals surface area contributed by atoms with Crippen LogP contribution >= 0.6 is 0 Å². The fourth-order valence-corrected chi connectivity index (χ4v) is 1.45. The lowest BCUT2D eigenvalue weighted by Crippen LogP contribution is -2.31. The van der Waals surface area contributed by atoms with Crippen molar-refractivity contribution in [3.63, 3.8) is 0 Å². The Labute approximate surface area is 108 Å². The zero-order chi connectivity index (χ0) is 13.8. The number of hydrogen-bond donors (Lipinski definition) is 2. The van der Waals surface area contributed by atoms with E-state index in [2.05, 4.69) is 33.0 Å². The van der Waals surface area contributed by atoms with E-state index in [0.717, 1.165) is 0 Å². The van der Waals surface area contributed by atoms with Gasteiger partial charge in [0.05, 0.1) is 12.8 Å². The zero-order valence-corrected chi connectivity index (χ0v) is 11.6. The zero-order valence-electron chi connectivity index (χ0n) is 11.6. The van der Waals surface area contributed by atoms with Gasteiger partial charge in [0.15, 0.2) is 0 Å². The van der Waals surface area contributed by atoms with Gasteiger partial charge in [0.2, 0.25) is 5.91 Å². The lowest BCUT2D eigenvalue weighted by molar-refractivity contribution is -0.123. The third-order valence-corrected chi connectivity index (χ3v) is 3.33. The van der Waals surface area contributed by atoms with Gasteiger partial charge in [-0.25, -0.2) is 0 Å². The number of aliphatic hydroxyl groups excluding tert-OH is 1. The van der Waals surface area contributed by atoms with E-state index in [-0.39, 0.29) is 17.9 Å². The van der Waals surface area contributed by atoms with Crippen molar-refractivity contribution < 1.29 is 14.3 Å². The van der Waals surface area contributed by atoms with Gasteiger partial charge < -0.3 is 14.8 Å². The smallest absolute Gasteiger partial charge is 0.220 e. The maximum absolute atomic E-state index is 11.7. The molecule has 0 aromatic carbocycles. The van der Waals surface area contributed by atoms with Crippen molar-refractivity contribution in [2.45, 2.75) is 40.2 Å². The van der Waals surface area contributed by atoms with Gasteiger partial charge in [-0.3, -0.25) is 4.79 Å². The third kappa shape index (κ3) is 4.53. The molecule has 2 unspecified atom stereocenters. The molecule has 1 aromatic rings. The number of hydrogen-bond acceptors (Lipinski definition) is 3. The average Bonchev–Trinajstić information content (AvgIpc) is 2.77. The summed E-state index contributed by atoms with van der Waals surface area (Å²) in [5.41, 5.74) is 0.108. The lowest BCUT2D eigenvalue weighted by atomic mass is 9.80. The fraction of sp³-hybridized carbons (Fsp3) is 0.643. The van der Waals surface area contributed by atoms with Crippen LogP contribution in [0.5, 0.6) is 0 Å². The van der Waals surface area contributed by atoms with Gasteiger partial charge in [-0.2, -0.15) is 0 Å². The van der Waals surface area contributed by atoms with E-state index >= 15 is 0 Å². The Balaban J connectivity index is 2.34. The van der Waals surface area contributed by atoms with Crippen molar-refractivity contribution in [2.24, 2.45) is 11.3 Å². The number of rotatable bonds is 5. The van der Waals surface area contributed by atoms with Crippen molar-refractivity contribution >= 4 is 5.91 Å². The van der Waals surface area contributed by atoms with Crippen molar-refractivity contribution in [2.75, 3.05) is 6.54 Å². The summed E-state index contributed by atoms with van der Waals surface area (Å²) in [5.74, 6) is 0.723. The summed E-state index contributed by atoms with van der Waals surface area (Å²) >= 11 is 0. The van der Waals surface area contributed by atoms with Gasteiger partial charge in [-0.05, 0) is 23.5 Å². The largest absolute Gasteiger partial charge is 0.467 e. The second kappa shape index (κ2) is 6.05. The minimum atomic E-state index is -0.783. The molecule has 4 nitrogen and oxygen atoms in total. The Morgan fingerprint density at radius 2 is 2.17 bits per heavy atom. The predicted molar refractivity (Wildman–Crippen MR) is 69.9 cm³/mol. The van der Waals surface area contributed by atoms with Gasteiger partial charge >= 0.3 is 0 Å². The Morgan fingerprint density at radius 1 is 1.50 bits per heavy atom. The molecule has 4 heteroatoms. The summed E-state index contributed by atoms with van der Waals surface area (Å²) in [6.45, 7) is 8.58. The Kier molecular flexibility index (Phi) is 4.96. The van der Waals surface area contributed by atoms with Crippen molar-refractivity contribution in [3.05, 3.63) is 24.2 Å². The van der Waals surface area contributed by atoms with Gasteiger partial charge in [0.25, 0.3) is 0 Å². The number of carbonyl (C=O) groups excluding carboxylic acids is 1. The molecule has 0 aliphatic rings. The van der Waals surface area contributed by atoms with E-state index in [9.17, 15) is 9.90 Å². The second-order valence-electron chi connectivity index (χ2n) is 5.81. The highest BCUT2D eigenvalue weighted by Crippen LogP contribution is 2.27. The first-order valence-electron chi connectivity index (χ1n) is 6.29. The van der Waals surface area contributed by atoms with E-state index in [0.29, 0.717) is 18.1 Å². The second-order valence-corrected chi connectivity index (χ2v) is 5.81. The van der Waals surface area contributed by atoms with Gasteiger partial charge in [-0.1, -0.05) is 27.7 Å². The molecular formula is C14H23NO3. The predicted octanol–water partition coefficient (Wildman–Crippen LogP) is 2.50. The molecule has 2 N–H and O–H groups in total. The lowest BCUT2D eigenvalue weighted by Gasteiger charge is -2.26. The van der Waals surface area contributed by atoms with E-state index in [4.69, 9.17) is 4.42 Å². The van der Waals surface area contributed by atoms with Crippen LogP contribution in [-0.2, 0) is 4.79 Å². The van der Waals surface area contributed by atoms with Crippen molar-refractivity contribution in [3.8, 4) is 0 Å². The number of furan rings is 1. The van der Waals surface area contributed by atoms with Crippen LogP contribution in [0.15, 0.2) is 22.8 Å². The molecule has 1 aromatic heterocycles. The summed E-state index contributed by atoms with van der Waals surface area (Å²) in [6, 6.07) is 3.40. The minimum absolute atomic E-state index is 0.0389. The number of amides is 1. The maximum atomic E-state index is 11.7. The number of aliphatic hydroxyl groups is 1. The molecule has 1 heterocycles. The molecule has 0 aliphatic carbocycles. The van der Waals surface area contributed by atoms with Crippen LogP contribution in [0.25, 0.3) is 0 Å². The van der Waals surface area contributed by atoms with Crippen molar-refractivity contribution in [1.29, 1.82) is 0 Å². The summed E-state index contributed by atoms with van der Waals surface area (Å²) in [5, 5.41) is 12.5. The van der Waals surface area contributed by atoms with Gasteiger partial charge in [0, 0.05) is 6.42 Å². The molecule has 2 atom stereocenters. The monoisotopic (exact) mass is 253 g/mol. The van der Waals surface area contributed by atoms with E-state index in [1.165, 1.54) is 6.26 Å². The van der Waals surface area contributed by atoms with E-state index in [1.54, 1.807) is 12.1 Å². The summed E-state index contributed by atoms with van der Waals surface area (Å²) in [7, 11) is 0. The standard InChI is InChI=1S/C14H23NO3/c1-10(14(2,3)4)8-13(17)15-9-11(16)12-6-5-7-18-12/h5-7,10-11,16H,8-9H2,1-4H3,(H,15,17). The molecule has 0 fully saturated rings. The highest BCUT2D eigenvalue weighted by atomic mass is 16.4. The number of nitrogens with one attached hydrogen (secondary N) is 1. The summed E-state index contributed by atoms with van der Waals surface area (Å²) in [6.07, 6.45) is 1.19. The highest BCUT2D eigenvalue weighted by Gasteiger charge is 2.22. The molecule has 0 bridgehead atoms. The minimum Gasteiger partial charge on any atom is -0.467 e. The van der Waals surface area contributed by atoms with Crippen LogP contribution in [0.2, 0.25) is 0 Å².